The van der Waals surface area contributed by atoms with Crippen molar-refractivity contribution in [3.8, 4) is 0 Å². The van der Waals surface area contributed by atoms with Gasteiger partial charge in [0.25, 0.3) is 5.69 Å². The highest BCUT2D eigenvalue weighted by atomic mass is 35.5. The van der Waals surface area contributed by atoms with E-state index in [1.807, 2.05) is 0 Å². The summed E-state index contributed by atoms with van der Waals surface area (Å²) in [6.45, 7) is 7.40. The van der Waals surface area contributed by atoms with Crippen LogP contribution in [0.25, 0.3) is 11.0 Å². The largest absolute Gasteiger partial charge is 0.361 e. The molecule has 0 amide bonds. The maximum atomic E-state index is 15.3. The van der Waals surface area contributed by atoms with Gasteiger partial charge in [0.05, 0.1) is 4.92 Å². The third-order valence-electron chi connectivity index (χ3n) is 4.54. The second kappa shape index (κ2) is 8.36. The van der Waals surface area contributed by atoms with E-state index in [0.29, 0.717) is 6.61 Å². The van der Waals surface area contributed by atoms with E-state index in [0.717, 1.165) is 24.2 Å². The average molecular weight is 455 g/mol. The molecule has 0 aliphatic heterocycles. The molecule has 160 valence electrons. The minimum atomic E-state index is -3.61. The van der Waals surface area contributed by atoms with Crippen LogP contribution in [0.5, 0.6) is 0 Å². The number of ether oxygens (including phenoxy) is 1. The zero-order valence-corrected chi connectivity index (χ0v) is 18.5. The Labute approximate surface area is 177 Å². The standard InChI is InChI=1S/C19H21ClF2N4O3Si/c1-30(2,3)10-9-29-12-25-8-7-15-16(23-18(20)24-17(15)25)19(21,22)13-5-4-6-14(11-13)26(27)28/h4-8,11H,9-10,12H2,1-3H3. The number of hydrogen-bond donors (Lipinski definition) is 0. The lowest BCUT2D eigenvalue weighted by atomic mass is 10.0. The third-order valence-corrected chi connectivity index (χ3v) is 6.41. The van der Waals surface area contributed by atoms with Gasteiger partial charge in [-0.1, -0.05) is 31.8 Å². The van der Waals surface area contributed by atoms with Crippen molar-refractivity contribution in [3.05, 3.63) is 63.2 Å². The Hall–Kier alpha value is -2.43. The summed E-state index contributed by atoms with van der Waals surface area (Å²) in [5.74, 6) is -3.61. The van der Waals surface area contributed by atoms with Gasteiger partial charge in [0.2, 0.25) is 5.28 Å². The van der Waals surface area contributed by atoms with E-state index in [4.69, 9.17) is 16.3 Å². The monoisotopic (exact) mass is 454 g/mol. The van der Waals surface area contributed by atoms with E-state index in [1.54, 1.807) is 10.8 Å². The molecular weight excluding hydrogens is 434 g/mol. The number of nitro benzene ring substituents is 1. The number of fused-ring (bicyclic) bond motifs is 1. The predicted octanol–water partition coefficient (Wildman–Crippen LogP) is 5.45. The Morgan fingerprint density at radius 3 is 2.67 bits per heavy atom. The van der Waals surface area contributed by atoms with Crippen molar-refractivity contribution < 1.29 is 18.4 Å². The van der Waals surface area contributed by atoms with Crippen LogP contribution in [0.15, 0.2) is 36.5 Å². The number of alkyl halides is 2. The summed E-state index contributed by atoms with van der Waals surface area (Å²) in [4.78, 5) is 18.1. The number of rotatable bonds is 8. The van der Waals surface area contributed by atoms with Crippen LogP contribution in [-0.4, -0.2) is 34.1 Å². The van der Waals surface area contributed by atoms with Gasteiger partial charge < -0.3 is 9.30 Å². The Bertz CT molecular complexity index is 1090. The molecule has 0 aliphatic rings. The number of hydrogen-bond acceptors (Lipinski definition) is 5. The Morgan fingerprint density at radius 2 is 2.00 bits per heavy atom. The molecule has 30 heavy (non-hydrogen) atoms. The molecule has 0 fully saturated rings. The third kappa shape index (κ3) is 4.82. The molecule has 2 aromatic heterocycles. The summed E-state index contributed by atoms with van der Waals surface area (Å²) in [7, 11) is -1.25. The van der Waals surface area contributed by atoms with Crippen molar-refractivity contribution in [1.82, 2.24) is 14.5 Å². The molecule has 0 atom stereocenters. The van der Waals surface area contributed by atoms with Crippen molar-refractivity contribution in [1.29, 1.82) is 0 Å². The Balaban J connectivity index is 1.96. The summed E-state index contributed by atoms with van der Waals surface area (Å²) in [6.07, 6.45) is 1.58. The number of nitrogens with zero attached hydrogens (tertiary/aromatic N) is 4. The van der Waals surface area contributed by atoms with E-state index < -0.39 is 35.9 Å². The number of aromatic nitrogens is 3. The van der Waals surface area contributed by atoms with Crippen molar-refractivity contribution in [2.75, 3.05) is 6.61 Å². The molecule has 0 N–H and O–H groups in total. The SMILES string of the molecule is C[Si](C)(C)CCOCn1ccc2c(C(F)(F)c3cccc([N+](=O)[O-])c3)nc(Cl)nc21. The molecule has 11 heteroatoms. The van der Waals surface area contributed by atoms with Gasteiger partial charge >= 0.3 is 5.92 Å². The van der Waals surface area contributed by atoms with Gasteiger partial charge in [-0.15, -0.1) is 0 Å². The van der Waals surface area contributed by atoms with Crippen LogP contribution in [0.2, 0.25) is 31.0 Å². The smallest absolute Gasteiger partial charge is 0.316 e. The molecule has 7 nitrogen and oxygen atoms in total. The summed E-state index contributed by atoms with van der Waals surface area (Å²) >= 11 is 5.94. The highest BCUT2D eigenvalue weighted by Crippen LogP contribution is 2.39. The van der Waals surface area contributed by atoms with Gasteiger partial charge in [-0.05, 0) is 23.7 Å². The first kappa shape index (κ1) is 22.3. The van der Waals surface area contributed by atoms with E-state index >= 15 is 8.78 Å². The van der Waals surface area contributed by atoms with Gasteiger partial charge in [0.1, 0.15) is 18.1 Å². The van der Waals surface area contributed by atoms with Crippen LogP contribution in [0.4, 0.5) is 14.5 Å². The molecular formula is C19H21ClF2N4O3Si. The lowest BCUT2D eigenvalue weighted by Gasteiger charge is -2.18. The van der Waals surface area contributed by atoms with Crippen LogP contribution in [0, 0.1) is 10.1 Å². The fourth-order valence-corrected chi connectivity index (χ4v) is 3.80. The quantitative estimate of drug-likeness (QED) is 0.149. The van der Waals surface area contributed by atoms with Gasteiger partial charge in [0, 0.05) is 44.0 Å². The topological polar surface area (TPSA) is 83.1 Å². The highest BCUT2D eigenvalue weighted by Gasteiger charge is 2.39. The van der Waals surface area contributed by atoms with Crippen molar-refractivity contribution in [3.63, 3.8) is 0 Å². The minimum absolute atomic E-state index is 0.102. The normalized spacial score (nSPS) is 12.5. The fraction of sp³-hybridized carbons (Fsp3) is 0.368. The minimum Gasteiger partial charge on any atom is -0.361 e. The zero-order valence-electron chi connectivity index (χ0n) is 16.7. The fourth-order valence-electron chi connectivity index (χ4n) is 2.87. The van der Waals surface area contributed by atoms with Crippen molar-refractivity contribution in [2.24, 2.45) is 0 Å². The number of nitro groups is 1. The molecule has 0 unspecified atom stereocenters. The first-order valence-electron chi connectivity index (χ1n) is 9.22. The van der Waals surface area contributed by atoms with Gasteiger partial charge in [-0.2, -0.15) is 13.8 Å². The van der Waals surface area contributed by atoms with E-state index in [1.165, 1.54) is 12.1 Å². The van der Waals surface area contributed by atoms with E-state index in [9.17, 15) is 10.1 Å². The summed E-state index contributed by atoms with van der Waals surface area (Å²) in [5.41, 5.74) is -1.38. The van der Waals surface area contributed by atoms with Crippen LogP contribution in [0.3, 0.4) is 0 Å². The number of non-ortho nitro benzene ring substituents is 1. The van der Waals surface area contributed by atoms with Gasteiger partial charge in [0.15, 0.2) is 0 Å². The molecule has 2 heterocycles. The van der Waals surface area contributed by atoms with Crippen LogP contribution in [-0.2, 0) is 17.4 Å². The van der Waals surface area contributed by atoms with Crippen LogP contribution in [0.1, 0.15) is 11.3 Å². The first-order valence-corrected chi connectivity index (χ1v) is 13.3. The maximum absolute atomic E-state index is 15.3. The second-order valence-electron chi connectivity index (χ2n) is 8.09. The molecule has 0 saturated heterocycles. The lowest BCUT2D eigenvalue weighted by molar-refractivity contribution is -0.385. The van der Waals surface area contributed by atoms with E-state index in [2.05, 4.69) is 29.6 Å². The molecule has 0 spiro atoms. The lowest BCUT2D eigenvalue weighted by Crippen LogP contribution is -2.22. The zero-order chi connectivity index (χ0) is 22.1. The molecule has 0 bridgehead atoms. The Morgan fingerprint density at radius 1 is 1.27 bits per heavy atom. The first-order chi connectivity index (χ1) is 14.0. The summed E-state index contributed by atoms with van der Waals surface area (Å²) in [6, 6.07) is 6.74. The molecule has 0 radical (unpaired) electrons. The molecule has 3 aromatic rings. The van der Waals surface area contributed by atoms with Crippen LogP contribution >= 0.6 is 11.6 Å². The summed E-state index contributed by atoms with van der Waals surface area (Å²) < 4.78 is 37.8. The molecule has 1 aromatic carbocycles. The predicted molar refractivity (Wildman–Crippen MR) is 113 cm³/mol. The van der Waals surface area contributed by atoms with Gasteiger partial charge in [-0.25, -0.2) is 4.98 Å². The van der Waals surface area contributed by atoms with E-state index in [-0.39, 0.29) is 23.0 Å². The number of benzene rings is 1. The van der Waals surface area contributed by atoms with Crippen molar-refractivity contribution in [2.45, 2.75) is 38.3 Å². The second-order valence-corrected chi connectivity index (χ2v) is 14.1. The molecule has 0 saturated carbocycles. The maximum Gasteiger partial charge on any atom is 0.316 e. The highest BCUT2D eigenvalue weighted by molar-refractivity contribution is 6.76. The molecule has 3 rings (SSSR count). The molecule has 0 aliphatic carbocycles. The average Bonchev–Trinajstić information content (AvgIpc) is 3.06. The van der Waals surface area contributed by atoms with Gasteiger partial charge in [-0.3, -0.25) is 10.1 Å². The Kier molecular flexibility index (Phi) is 6.20. The summed E-state index contributed by atoms with van der Waals surface area (Å²) in [5, 5.41) is 10.7. The van der Waals surface area contributed by atoms with Crippen LogP contribution < -0.4 is 0 Å². The number of halogens is 3. The van der Waals surface area contributed by atoms with Crippen molar-refractivity contribution >= 4 is 36.4 Å².